The van der Waals surface area contributed by atoms with Gasteiger partial charge in [0.25, 0.3) is 5.91 Å². The second kappa shape index (κ2) is 6.88. The molecule has 1 amide bonds. The van der Waals surface area contributed by atoms with Crippen molar-refractivity contribution in [1.29, 1.82) is 0 Å². The normalized spacial score (nSPS) is 17.3. The fourth-order valence-corrected chi connectivity index (χ4v) is 4.15. The van der Waals surface area contributed by atoms with Gasteiger partial charge in [-0.3, -0.25) is 9.10 Å². The Morgan fingerprint density at radius 2 is 2.04 bits per heavy atom. The van der Waals surface area contributed by atoms with E-state index < -0.39 is 15.6 Å². The lowest BCUT2D eigenvalue weighted by Crippen LogP contribution is -2.49. The van der Waals surface area contributed by atoms with Crippen LogP contribution in [0.4, 0.5) is 5.69 Å². The van der Waals surface area contributed by atoms with E-state index >= 15 is 0 Å². The van der Waals surface area contributed by atoms with Crippen molar-refractivity contribution in [3.63, 3.8) is 0 Å². The van der Waals surface area contributed by atoms with E-state index in [0.29, 0.717) is 30.8 Å². The minimum absolute atomic E-state index is 0.159. The van der Waals surface area contributed by atoms with E-state index in [4.69, 9.17) is 5.73 Å². The van der Waals surface area contributed by atoms with Gasteiger partial charge in [-0.15, -0.1) is 0 Å². The number of amides is 1. The summed E-state index contributed by atoms with van der Waals surface area (Å²) < 4.78 is 25.3. The highest BCUT2D eigenvalue weighted by Gasteiger charge is 2.29. The predicted molar refractivity (Wildman–Crippen MR) is 92.0 cm³/mol. The highest BCUT2D eigenvalue weighted by molar-refractivity contribution is 7.93. The van der Waals surface area contributed by atoms with Gasteiger partial charge in [-0.25, -0.2) is 8.42 Å². The van der Waals surface area contributed by atoms with E-state index in [9.17, 15) is 13.2 Å². The molecule has 1 aromatic carbocycles. The number of nitrogens with one attached hydrogen (secondary N) is 1. The van der Waals surface area contributed by atoms with Gasteiger partial charge in [-0.05, 0) is 37.5 Å². The molecular formula is C16H25N3O3S. The van der Waals surface area contributed by atoms with E-state index in [0.717, 1.165) is 12.8 Å². The molecule has 0 atom stereocenters. The van der Waals surface area contributed by atoms with Gasteiger partial charge in [0.2, 0.25) is 10.0 Å². The molecule has 0 unspecified atom stereocenters. The van der Waals surface area contributed by atoms with Crippen LogP contribution in [0.3, 0.4) is 0 Å². The SMILES string of the molecule is CCC(N)(CC)CNC(=O)c1cccc(N2CCCS2(=O)=O)c1. The number of nitrogens with two attached hydrogens (primary N) is 1. The largest absolute Gasteiger partial charge is 0.350 e. The maximum atomic E-state index is 12.3. The molecule has 0 saturated carbocycles. The summed E-state index contributed by atoms with van der Waals surface area (Å²) in [6, 6.07) is 6.71. The minimum Gasteiger partial charge on any atom is -0.350 e. The third-order valence-corrected chi connectivity index (χ3v) is 6.37. The van der Waals surface area contributed by atoms with Crippen molar-refractivity contribution in [3.05, 3.63) is 29.8 Å². The standard InChI is InChI=1S/C16H25N3O3S/c1-3-16(17,4-2)12-18-15(20)13-7-5-8-14(11-13)19-9-6-10-23(19,21)22/h5,7-8,11H,3-4,6,9-10,12,17H2,1-2H3,(H,18,20). The highest BCUT2D eigenvalue weighted by atomic mass is 32.2. The number of hydrogen-bond acceptors (Lipinski definition) is 4. The summed E-state index contributed by atoms with van der Waals surface area (Å²) in [5.74, 6) is -0.0771. The lowest BCUT2D eigenvalue weighted by molar-refractivity contribution is 0.0942. The van der Waals surface area contributed by atoms with Gasteiger partial charge in [0.05, 0.1) is 11.4 Å². The third kappa shape index (κ3) is 4.03. The number of carbonyl (C=O) groups excluding carboxylic acids is 1. The fourth-order valence-electron chi connectivity index (χ4n) is 2.59. The van der Waals surface area contributed by atoms with Gasteiger partial charge >= 0.3 is 0 Å². The van der Waals surface area contributed by atoms with Gasteiger partial charge in [-0.2, -0.15) is 0 Å². The lowest BCUT2D eigenvalue weighted by Gasteiger charge is -2.26. The van der Waals surface area contributed by atoms with Gasteiger partial charge in [0, 0.05) is 24.2 Å². The molecule has 0 radical (unpaired) electrons. The number of hydrogen-bond donors (Lipinski definition) is 2. The van der Waals surface area contributed by atoms with Gasteiger partial charge < -0.3 is 11.1 Å². The van der Waals surface area contributed by atoms with Gasteiger partial charge in [-0.1, -0.05) is 19.9 Å². The Balaban J connectivity index is 2.12. The van der Waals surface area contributed by atoms with Crippen LogP contribution in [0.5, 0.6) is 0 Å². The van der Waals surface area contributed by atoms with Crippen LogP contribution in [0.2, 0.25) is 0 Å². The molecule has 7 heteroatoms. The van der Waals surface area contributed by atoms with Crippen LogP contribution in [0, 0.1) is 0 Å². The van der Waals surface area contributed by atoms with Crippen LogP contribution in [-0.2, 0) is 10.0 Å². The quantitative estimate of drug-likeness (QED) is 0.821. The van der Waals surface area contributed by atoms with Crippen LogP contribution in [0.15, 0.2) is 24.3 Å². The Hall–Kier alpha value is -1.60. The van der Waals surface area contributed by atoms with E-state index in [1.54, 1.807) is 24.3 Å². The Morgan fingerprint density at radius 3 is 2.61 bits per heavy atom. The first-order chi connectivity index (χ1) is 10.8. The van der Waals surface area contributed by atoms with Crippen LogP contribution < -0.4 is 15.4 Å². The van der Waals surface area contributed by atoms with Crippen LogP contribution in [0.1, 0.15) is 43.5 Å². The number of sulfonamides is 1. The monoisotopic (exact) mass is 339 g/mol. The summed E-state index contributed by atoms with van der Waals surface area (Å²) in [4.78, 5) is 12.3. The summed E-state index contributed by atoms with van der Waals surface area (Å²) in [7, 11) is -3.24. The van der Waals surface area contributed by atoms with Crippen LogP contribution in [-0.4, -0.2) is 38.7 Å². The number of benzene rings is 1. The Labute approximate surface area is 138 Å². The molecule has 0 aliphatic carbocycles. The molecule has 3 N–H and O–H groups in total. The lowest BCUT2D eigenvalue weighted by atomic mass is 9.94. The zero-order chi connectivity index (χ0) is 17.1. The predicted octanol–water partition coefficient (Wildman–Crippen LogP) is 1.47. The minimum atomic E-state index is -3.24. The maximum absolute atomic E-state index is 12.3. The van der Waals surface area contributed by atoms with E-state index in [1.165, 1.54) is 4.31 Å². The fraction of sp³-hybridized carbons (Fsp3) is 0.562. The van der Waals surface area contributed by atoms with E-state index in [2.05, 4.69) is 5.32 Å². The van der Waals surface area contributed by atoms with Gasteiger partial charge in [0.1, 0.15) is 0 Å². The molecule has 1 fully saturated rings. The number of rotatable bonds is 6. The van der Waals surface area contributed by atoms with Crippen molar-refractivity contribution in [1.82, 2.24) is 5.32 Å². The second-order valence-corrected chi connectivity index (χ2v) is 8.06. The van der Waals surface area contributed by atoms with E-state index in [1.807, 2.05) is 13.8 Å². The average molecular weight is 339 g/mol. The second-order valence-electron chi connectivity index (χ2n) is 6.04. The topological polar surface area (TPSA) is 92.5 Å². The summed E-state index contributed by atoms with van der Waals surface area (Å²) in [5.41, 5.74) is 6.76. The molecular weight excluding hydrogens is 314 g/mol. The van der Waals surface area contributed by atoms with Crippen molar-refractivity contribution in [2.75, 3.05) is 23.1 Å². The Morgan fingerprint density at radius 1 is 1.35 bits per heavy atom. The maximum Gasteiger partial charge on any atom is 0.251 e. The molecule has 1 aliphatic rings. The molecule has 2 rings (SSSR count). The van der Waals surface area contributed by atoms with Crippen molar-refractivity contribution in [2.45, 2.75) is 38.6 Å². The number of nitrogens with zero attached hydrogens (tertiary/aromatic N) is 1. The third-order valence-electron chi connectivity index (χ3n) is 4.50. The summed E-state index contributed by atoms with van der Waals surface area (Å²) >= 11 is 0. The molecule has 0 bridgehead atoms. The molecule has 1 aromatic rings. The molecule has 0 spiro atoms. The first kappa shape index (κ1) is 17.7. The summed E-state index contributed by atoms with van der Waals surface area (Å²) in [6.45, 7) is 4.85. The van der Waals surface area contributed by atoms with Crippen LogP contribution in [0.25, 0.3) is 0 Å². The van der Waals surface area contributed by atoms with Crippen molar-refractivity contribution in [3.8, 4) is 0 Å². The number of carbonyl (C=O) groups is 1. The average Bonchev–Trinajstić information content (AvgIpc) is 2.91. The molecule has 1 aliphatic heterocycles. The first-order valence-corrected chi connectivity index (χ1v) is 9.60. The van der Waals surface area contributed by atoms with Crippen LogP contribution >= 0.6 is 0 Å². The Kier molecular flexibility index (Phi) is 5.31. The molecule has 0 aromatic heterocycles. The first-order valence-electron chi connectivity index (χ1n) is 7.99. The molecule has 128 valence electrons. The highest BCUT2D eigenvalue weighted by Crippen LogP contribution is 2.24. The molecule has 6 nitrogen and oxygen atoms in total. The zero-order valence-electron chi connectivity index (χ0n) is 13.7. The molecule has 1 heterocycles. The zero-order valence-corrected chi connectivity index (χ0v) is 14.5. The van der Waals surface area contributed by atoms with Gasteiger partial charge in [0.15, 0.2) is 0 Å². The smallest absolute Gasteiger partial charge is 0.251 e. The van der Waals surface area contributed by atoms with E-state index in [-0.39, 0.29) is 11.7 Å². The van der Waals surface area contributed by atoms with Crippen molar-refractivity contribution >= 4 is 21.6 Å². The summed E-state index contributed by atoms with van der Waals surface area (Å²) in [6.07, 6.45) is 2.16. The van der Waals surface area contributed by atoms with Crippen molar-refractivity contribution in [2.24, 2.45) is 5.73 Å². The number of anilines is 1. The molecule has 1 saturated heterocycles. The van der Waals surface area contributed by atoms with Crippen molar-refractivity contribution < 1.29 is 13.2 Å². The Bertz CT molecular complexity index is 669. The summed E-state index contributed by atoms with van der Waals surface area (Å²) in [5, 5.41) is 2.85. The molecule has 23 heavy (non-hydrogen) atoms.